The second-order valence-electron chi connectivity index (χ2n) is 6.14. The first kappa shape index (κ1) is 17.0. The first-order chi connectivity index (χ1) is 12.4. The first-order valence-electron chi connectivity index (χ1n) is 8.07. The predicted molar refractivity (Wildman–Crippen MR) is 93.2 cm³/mol. The van der Waals surface area contributed by atoms with E-state index < -0.39 is 16.6 Å². The maximum Gasteiger partial charge on any atom is 0.387 e. The summed E-state index contributed by atoms with van der Waals surface area (Å²) < 4.78 is 55.7. The van der Waals surface area contributed by atoms with Crippen molar-refractivity contribution in [3.8, 4) is 5.75 Å². The molecule has 136 valence electrons. The van der Waals surface area contributed by atoms with E-state index in [2.05, 4.69) is 10.1 Å². The molecule has 1 aromatic heterocycles. The van der Waals surface area contributed by atoms with Crippen LogP contribution in [0.25, 0.3) is 10.9 Å². The molecular weight excluding hydrogens is 362 g/mol. The zero-order valence-corrected chi connectivity index (χ0v) is 14.4. The highest BCUT2D eigenvalue weighted by Gasteiger charge is 2.22. The molecule has 1 fully saturated rings. The van der Waals surface area contributed by atoms with Gasteiger partial charge in [0.2, 0.25) is 0 Å². The quantitative estimate of drug-likeness (QED) is 0.741. The number of hydrogen-bond acceptors (Lipinski definition) is 4. The molecule has 0 saturated carbocycles. The van der Waals surface area contributed by atoms with Gasteiger partial charge in [0.1, 0.15) is 5.75 Å². The van der Waals surface area contributed by atoms with Gasteiger partial charge in [-0.2, -0.15) is 8.78 Å². The van der Waals surface area contributed by atoms with Gasteiger partial charge in [-0.25, -0.2) is 12.4 Å². The summed E-state index contributed by atoms with van der Waals surface area (Å²) in [6.07, 6.45) is 1.51. The molecule has 4 rings (SSSR count). The van der Waals surface area contributed by atoms with Gasteiger partial charge in [-0.15, -0.1) is 0 Å². The number of benzene rings is 2. The molecule has 0 aliphatic carbocycles. The van der Waals surface area contributed by atoms with Crippen LogP contribution in [0, 0.1) is 0 Å². The van der Waals surface area contributed by atoms with E-state index in [4.69, 9.17) is 0 Å². The van der Waals surface area contributed by atoms with E-state index in [1.165, 1.54) is 40.0 Å². The van der Waals surface area contributed by atoms with E-state index >= 15 is 0 Å². The van der Waals surface area contributed by atoms with Crippen LogP contribution in [0.15, 0.2) is 59.6 Å². The van der Waals surface area contributed by atoms with Crippen LogP contribution in [0.3, 0.4) is 0 Å². The predicted octanol–water partition coefficient (Wildman–Crippen LogP) is 3.17. The standard InChI is InChI=1S/C18H16F2N2O3S/c19-18(20)25-15-2-4-16(5-3-15)26(23,24)22-8-7-13-9-12(1-6-17(13)22)14-10-21-11-14/h1-9,14,18,21H,10-11H2. The van der Waals surface area contributed by atoms with Gasteiger partial charge in [-0.1, -0.05) is 6.07 Å². The van der Waals surface area contributed by atoms with Crippen LogP contribution < -0.4 is 10.1 Å². The third kappa shape index (κ3) is 2.95. The van der Waals surface area contributed by atoms with Gasteiger partial charge < -0.3 is 10.1 Å². The Morgan fingerprint density at radius 2 is 1.81 bits per heavy atom. The Hall–Kier alpha value is -2.45. The molecule has 0 radical (unpaired) electrons. The topological polar surface area (TPSA) is 60.3 Å². The number of ether oxygens (including phenoxy) is 1. The number of aromatic nitrogens is 1. The second kappa shape index (κ2) is 6.37. The van der Waals surface area contributed by atoms with Crippen LogP contribution >= 0.6 is 0 Å². The Kier molecular flexibility index (Phi) is 4.16. The number of nitrogens with one attached hydrogen (secondary N) is 1. The third-order valence-corrected chi connectivity index (χ3v) is 6.24. The highest BCUT2D eigenvalue weighted by molar-refractivity contribution is 7.90. The zero-order valence-electron chi connectivity index (χ0n) is 13.6. The molecule has 8 heteroatoms. The van der Waals surface area contributed by atoms with Crippen molar-refractivity contribution in [1.82, 2.24) is 9.29 Å². The summed E-state index contributed by atoms with van der Waals surface area (Å²) in [5, 5.41) is 4.06. The normalized spacial score (nSPS) is 15.3. The van der Waals surface area contributed by atoms with Crippen LogP contribution in [-0.2, 0) is 10.0 Å². The van der Waals surface area contributed by atoms with Crippen LogP contribution in [-0.4, -0.2) is 32.1 Å². The molecule has 0 unspecified atom stereocenters. The number of nitrogens with zero attached hydrogens (tertiary/aromatic N) is 1. The molecule has 0 amide bonds. The molecule has 0 spiro atoms. The van der Waals surface area contributed by atoms with Gasteiger partial charge in [0.15, 0.2) is 0 Å². The van der Waals surface area contributed by atoms with E-state index in [0.717, 1.165) is 18.5 Å². The Bertz CT molecular complexity index is 1040. The van der Waals surface area contributed by atoms with Gasteiger partial charge in [0.05, 0.1) is 10.4 Å². The maximum atomic E-state index is 12.9. The monoisotopic (exact) mass is 378 g/mol. The van der Waals surface area contributed by atoms with Crippen molar-refractivity contribution in [3.63, 3.8) is 0 Å². The fourth-order valence-corrected chi connectivity index (χ4v) is 4.38. The minimum atomic E-state index is -3.83. The van der Waals surface area contributed by atoms with Crippen molar-refractivity contribution >= 4 is 20.9 Å². The van der Waals surface area contributed by atoms with Crippen LogP contribution in [0.1, 0.15) is 11.5 Å². The van der Waals surface area contributed by atoms with E-state index in [0.29, 0.717) is 11.4 Å². The van der Waals surface area contributed by atoms with E-state index in [-0.39, 0.29) is 10.6 Å². The van der Waals surface area contributed by atoms with Crippen LogP contribution in [0.2, 0.25) is 0 Å². The first-order valence-corrected chi connectivity index (χ1v) is 9.51. The summed E-state index contributed by atoms with van der Waals surface area (Å²) in [6, 6.07) is 12.5. The molecule has 5 nitrogen and oxygen atoms in total. The summed E-state index contributed by atoms with van der Waals surface area (Å²) in [4.78, 5) is 0.00360. The summed E-state index contributed by atoms with van der Waals surface area (Å²) in [5.74, 6) is 0.372. The highest BCUT2D eigenvalue weighted by Crippen LogP contribution is 2.28. The molecule has 2 aromatic carbocycles. The number of halogens is 2. The lowest BCUT2D eigenvalue weighted by molar-refractivity contribution is -0.0498. The lowest BCUT2D eigenvalue weighted by atomic mass is 9.93. The fraction of sp³-hybridized carbons (Fsp3) is 0.222. The molecule has 1 aliphatic heterocycles. The zero-order chi connectivity index (χ0) is 18.3. The molecule has 1 N–H and O–H groups in total. The maximum absolute atomic E-state index is 12.9. The Morgan fingerprint density at radius 3 is 2.42 bits per heavy atom. The molecule has 26 heavy (non-hydrogen) atoms. The Labute approximate surface area is 149 Å². The number of alkyl halides is 2. The lowest BCUT2D eigenvalue weighted by Crippen LogP contribution is -2.39. The lowest BCUT2D eigenvalue weighted by Gasteiger charge is -2.27. The van der Waals surface area contributed by atoms with E-state index in [1.54, 1.807) is 12.1 Å². The van der Waals surface area contributed by atoms with E-state index in [9.17, 15) is 17.2 Å². The van der Waals surface area contributed by atoms with Gasteiger partial charge in [-0.3, -0.25) is 0 Å². The summed E-state index contributed by atoms with van der Waals surface area (Å²) in [5.41, 5.74) is 1.76. The van der Waals surface area contributed by atoms with Gasteiger partial charge in [0, 0.05) is 30.6 Å². The summed E-state index contributed by atoms with van der Waals surface area (Å²) in [6.45, 7) is -1.10. The van der Waals surface area contributed by atoms with Crippen molar-refractivity contribution in [2.24, 2.45) is 0 Å². The Morgan fingerprint density at radius 1 is 1.08 bits per heavy atom. The van der Waals surface area contributed by atoms with Crippen molar-refractivity contribution in [3.05, 3.63) is 60.3 Å². The average Bonchev–Trinajstić information content (AvgIpc) is 2.97. The minimum Gasteiger partial charge on any atom is -0.435 e. The molecule has 0 bridgehead atoms. The van der Waals surface area contributed by atoms with Gasteiger partial charge in [0.25, 0.3) is 10.0 Å². The smallest absolute Gasteiger partial charge is 0.387 e. The summed E-state index contributed by atoms with van der Waals surface area (Å²) >= 11 is 0. The second-order valence-corrected chi connectivity index (χ2v) is 7.95. The minimum absolute atomic E-state index is 0.00360. The highest BCUT2D eigenvalue weighted by atomic mass is 32.2. The molecular formula is C18H16F2N2O3S. The molecule has 2 heterocycles. The SMILES string of the molecule is O=S(=O)(c1ccc(OC(F)F)cc1)n1ccc2cc(C3CNC3)ccc21. The van der Waals surface area contributed by atoms with Crippen LogP contribution in [0.5, 0.6) is 5.75 Å². The third-order valence-electron chi connectivity index (χ3n) is 4.54. The van der Waals surface area contributed by atoms with Crippen LogP contribution in [0.4, 0.5) is 8.78 Å². The molecule has 0 atom stereocenters. The average molecular weight is 378 g/mol. The van der Waals surface area contributed by atoms with Crippen molar-refractivity contribution < 1.29 is 21.9 Å². The summed E-state index contributed by atoms with van der Waals surface area (Å²) in [7, 11) is -3.83. The van der Waals surface area contributed by atoms with Crippen molar-refractivity contribution in [2.45, 2.75) is 17.4 Å². The van der Waals surface area contributed by atoms with Crippen molar-refractivity contribution in [2.75, 3.05) is 13.1 Å². The fourth-order valence-electron chi connectivity index (χ4n) is 3.03. The largest absolute Gasteiger partial charge is 0.435 e. The number of fused-ring (bicyclic) bond motifs is 1. The Balaban J connectivity index is 1.69. The van der Waals surface area contributed by atoms with E-state index in [1.807, 2.05) is 12.1 Å². The number of rotatable bonds is 5. The van der Waals surface area contributed by atoms with Gasteiger partial charge in [-0.05, 0) is 48.0 Å². The van der Waals surface area contributed by atoms with Crippen molar-refractivity contribution in [1.29, 1.82) is 0 Å². The number of hydrogen-bond donors (Lipinski definition) is 1. The molecule has 1 saturated heterocycles. The molecule has 3 aromatic rings. The van der Waals surface area contributed by atoms with Gasteiger partial charge >= 0.3 is 6.61 Å². The molecule has 1 aliphatic rings.